The molecule has 3 heteroatoms. The van der Waals surface area contributed by atoms with E-state index in [4.69, 9.17) is 10.5 Å². The van der Waals surface area contributed by atoms with E-state index in [1.54, 1.807) is 0 Å². The summed E-state index contributed by atoms with van der Waals surface area (Å²) in [6.45, 7) is 0. The van der Waals surface area contributed by atoms with Gasteiger partial charge in [0.2, 0.25) is 6.23 Å². The first-order valence-corrected chi connectivity index (χ1v) is 8.03. The van der Waals surface area contributed by atoms with Crippen LogP contribution in [-0.2, 0) is 0 Å². The molecule has 1 unspecified atom stereocenters. The lowest BCUT2D eigenvalue weighted by Gasteiger charge is -2.30. The highest BCUT2D eigenvalue weighted by Crippen LogP contribution is 2.44. The molecular weight excluding hydrogens is 296 g/mol. The Balaban J connectivity index is 1.84. The molecule has 0 saturated carbocycles. The molecular formula is C21H16N2O. The van der Waals surface area contributed by atoms with E-state index in [0.717, 1.165) is 22.6 Å². The summed E-state index contributed by atoms with van der Waals surface area (Å²) in [4.78, 5) is 0. The Kier molecular flexibility index (Phi) is 2.71. The third kappa shape index (κ3) is 1.85. The number of nitrogens with zero attached hydrogens (tertiary/aromatic N) is 1. The fraction of sp³-hybridized carbons (Fsp3) is 0.0476. The number of ether oxygens (including phenoxy) is 1. The van der Waals surface area contributed by atoms with Gasteiger partial charge in [0, 0.05) is 28.3 Å². The zero-order chi connectivity index (χ0) is 16.1. The highest BCUT2D eigenvalue weighted by molar-refractivity contribution is 5.89. The van der Waals surface area contributed by atoms with Gasteiger partial charge in [0.05, 0.1) is 11.2 Å². The van der Waals surface area contributed by atoms with E-state index >= 15 is 0 Å². The summed E-state index contributed by atoms with van der Waals surface area (Å²) in [6.07, 6.45) is -0.199. The van der Waals surface area contributed by atoms with Crippen LogP contribution in [0.2, 0.25) is 0 Å². The number of hydrogen-bond donors (Lipinski definition) is 1. The van der Waals surface area contributed by atoms with E-state index < -0.39 is 0 Å². The van der Waals surface area contributed by atoms with Gasteiger partial charge in [-0.15, -0.1) is 0 Å². The average molecular weight is 312 g/mol. The normalized spacial score (nSPS) is 15.6. The Hall–Kier alpha value is -3.20. The molecule has 3 aromatic carbocycles. The van der Waals surface area contributed by atoms with Crippen molar-refractivity contribution in [2.75, 3.05) is 5.73 Å². The second kappa shape index (κ2) is 4.90. The van der Waals surface area contributed by atoms with Crippen LogP contribution in [0, 0.1) is 0 Å². The number of benzene rings is 3. The molecule has 1 aromatic heterocycles. The minimum Gasteiger partial charge on any atom is -0.465 e. The van der Waals surface area contributed by atoms with Crippen molar-refractivity contribution in [3.63, 3.8) is 0 Å². The number of rotatable bonds is 1. The highest BCUT2D eigenvalue weighted by Gasteiger charge is 2.28. The Morgan fingerprint density at radius 1 is 0.833 bits per heavy atom. The number of para-hydroxylation sites is 1. The van der Waals surface area contributed by atoms with Crippen LogP contribution in [0.4, 0.5) is 5.69 Å². The number of aromatic nitrogens is 1. The van der Waals surface area contributed by atoms with Crippen molar-refractivity contribution in [3.05, 3.63) is 84.4 Å². The summed E-state index contributed by atoms with van der Waals surface area (Å²) in [5, 5.41) is 1.21. The number of nitrogen functional groups attached to an aromatic ring is 1. The van der Waals surface area contributed by atoms with Crippen molar-refractivity contribution in [2.24, 2.45) is 0 Å². The van der Waals surface area contributed by atoms with Gasteiger partial charge in [-0.05, 0) is 24.3 Å². The van der Waals surface area contributed by atoms with Crippen molar-refractivity contribution >= 4 is 16.6 Å². The van der Waals surface area contributed by atoms with E-state index in [0.29, 0.717) is 5.69 Å². The molecule has 0 aliphatic carbocycles. The van der Waals surface area contributed by atoms with Crippen molar-refractivity contribution in [3.8, 4) is 17.0 Å². The van der Waals surface area contributed by atoms with Crippen LogP contribution in [0.5, 0.6) is 5.75 Å². The van der Waals surface area contributed by atoms with E-state index in [9.17, 15) is 0 Å². The van der Waals surface area contributed by atoms with Crippen LogP contribution in [0.3, 0.4) is 0 Å². The minimum absolute atomic E-state index is 0.199. The Bertz CT molecular complexity index is 1050. The zero-order valence-electron chi connectivity index (χ0n) is 13.0. The SMILES string of the molecule is Nc1ccc2c(c1)OC(c1ccccc1)n1c-2cc2ccccc21. The molecule has 0 saturated heterocycles. The number of anilines is 1. The number of fused-ring (bicyclic) bond motifs is 5. The molecule has 116 valence electrons. The smallest absolute Gasteiger partial charge is 0.203 e. The molecule has 1 atom stereocenters. The third-order valence-corrected chi connectivity index (χ3v) is 4.59. The molecule has 5 rings (SSSR count). The van der Waals surface area contributed by atoms with E-state index in [1.807, 2.05) is 36.4 Å². The van der Waals surface area contributed by atoms with Crippen molar-refractivity contribution < 1.29 is 4.74 Å². The predicted molar refractivity (Wildman–Crippen MR) is 97.0 cm³/mol. The Morgan fingerprint density at radius 2 is 1.62 bits per heavy atom. The Morgan fingerprint density at radius 3 is 2.50 bits per heavy atom. The summed E-state index contributed by atoms with van der Waals surface area (Å²) in [5.41, 5.74) is 11.2. The first-order chi connectivity index (χ1) is 11.8. The van der Waals surface area contributed by atoms with Crippen LogP contribution in [-0.4, -0.2) is 4.57 Å². The predicted octanol–water partition coefficient (Wildman–Crippen LogP) is 4.83. The summed E-state index contributed by atoms with van der Waals surface area (Å²) in [6, 6.07) is 26.8. The molecule has 24 heavy (non-hydrogen) atoms. The molecule has 0 amide bonds. The van der Waals surface area contributed by atoms with Gasteiger partial charge in [-0.2, -0.15) is 0 Å². The van der Waals surface area contributed by atoms with Gasteiger partial charge >= 0.3 is 0 Å². The topological polar surface area (TPSA) is 40.2 Å². The zero-order valence-corrected chi connectivity index (χ0v) is 13.0. The fourth-order valence-corrected chi connectivity index (χ4v) is 3.49. The molecule has 1 aliphatic heterocycles. The van der Waals surface area contributed by atoms with Crippen LogP contribution < -0.4 is 10.5 Å². The molecule has 0 spiro atoms. The second-order valence-electron chi connectivity index (χ2n) is 6.09. The molecule has 0 bridgehead atoms. The van der Waals surface area contributed by atoms with Crippen molar-refractivity contribution in [1.29, 1.82) is 0 Å². The van der Waals surface area contributed by atoms with E-state index in [2.05, 4.69) is 47.0 Å². The standard InChI is InChI=1S/C21H16N2O/c22-16-10-11-17-19-12-15-8-4-5-9-18(15)23(19)21(24-20(17)13-16)14-6-2-1-3-7-14/h1-13,21H,22H2. The van der Waals surface area contributed by atoms with Crippen LogP contribution in [0.15, 0.2) is 78.9 Å². The van der Waals surface area contributed by atoms with Gasteiger partial charge < -0.3 is 15.0 Å². The van der Waals surface area contributed by atoms with Crippen molar-refractivity contribution in [2.45, 2.75) is 6.23 Å². The maximum absolute atomic E-state index is 6.37. The molecule has 0 radical (unpaired) electrons. The second-order valence-corrected chi connectivity index (χ2v) is 6.09. The first kappa shape index (κ1) is 13.3. The van der Waals surface area contributed by atoms with Gasteiger partial charge in [-0.1, -0.05) is 48.5 Å². The van der Waals surface area contributed by atoms with E-state index in [-0.39, 0.29) is 6.23 Å². The van der Waals surface area contributed by atoms with Crippen LogP contribution in [0.1, 0.15) is 11.8 Å². The van der Waals surface area contributed by atoms with Gasteiger partial charge in [0.25, 0.3) is 0 Å². The summed E-state index contributed by atoms with van der Waals surface area (Å²) in [5.74, 6) is 0.833. The highest BCUT2D eigenvalue weighted by atomic mass is 16.5. The molecule has 2 N–H and O–H groups in total. The maximum atomic E-state index is 6.37. The maximum Gasteiger partial charge on any atom is 0.203 e. The monoisotopic (exact) mass is 312 g/mol. The minimum atomic E-state index is -0.199. The molecule has 2 heterocycles. The van der Waals surface area contributed by atoms with Gasteiger partial charge in [-0.25, -0.2) is 0 Å². The average Bonchev–Trinajstić information content (AvgIpc) is 3.01. The summed E-state index contributed by atoms with van der Waals surface area (Å²) in [7, 11) is 0. The molecule has 1 aliphatic rings. The van der Waals surface area contributed by atoms with Gasteiger partial charge in [0.15, 0.2) is 0 Å². The number of nitrogens with two attached hydrogens (primary N) is 1. The van der Waals surface area contributed by atoms with E-state index in [1.165, 1.54) is 10.9 Å². The molecule has 4 aromatic rings. The van der Waals surface area contributed by atoms with Gasteiger partial charge in [0.1, 0.15) is 5.75 Å². The first-order valence-electron chi connectivity index (χ1n) is 8.03. The van der Waals surface area contributed by atoms with Crippen LogP contribution >= 0.6 is 0 Å². The van der Waals surface area contributed by atoms with Crippen LogP contribution in [0.25, 0.3) is 22.2 Å². The van der Waals surface area contributed by atoms with Gasteiger partial charge in [-0.3, -0.25) is 0 Å². The molecule has 0 fully saturated rings. The summed E-state index contributed by atoms with van der Waals surface area (Å²) < 4.78 is 8.64. The van der Waals surface area contributed by atoms with Crippen molar-refractivity contribution in [1.82, 2.24) is 4.57 Å². The lowest BCUT2D eigenvalue weighted by Crippen LogP contribution is -2.22. The fourth-order valence-electron chi connectivity index (χ4n) is 3.49. The lowest BCUT2D eigenvalue weighted by atomic mass is 10.1. The summed E-state index contributed by atoms with van der Waals surface area (Å²) >= 11 is 0. The molecule has 3 nitrogen and oxygen atoms in total. The Labute approximate surface area is 139 Å². The quantitative estimate of drug-likeness (QED) is 0.511. The largest absolute Gasteiger partial charge is 0.465 e. The number of hydrogen-bond acceptors (Lipinski definition) is 2. The lowest BCUT2D eigenvalue weighted by molar-refractivity contribution is 0.173. The third-order valence-electron chi connectivity index (χ3n) is 4.59.